The molecule has 0 aliphatic heterocycles. The molecule has 0 aliphatic carbocycles. The highest BCUT2D eigenvalue weighted by Crippen LogP contribution is 2.27. The molecule has 0 fully saturated rings. The summed E-state index contributed by atoms with van der Waals surface area (Å²) in [7, 11) is 1.48. The maximum atomic E-state index is 12.2. The van der Waals surface area contributed by atoms with Crippen LogP contribution in [0.4, 0.5) is 16.2 Å². The number of primary amides is 1. The van der Waals surface area contributed by atoms with E-state index in [9.17, 15) is 14.4 Å². The summed E-state index contributed by atoms with van der Waals surface area (Å²) in [5.74, 6) is -0.251. The first-order chi connectivity index (χ1) is 13.9. The first-order valence-electron chi connectivity index (χ1n) is 8.20. The van der Waals surface area contributed by atoms with Crippen LogP contribution in [0.3, 0.4) is 0 Å². The van der Waals surface area contributed by atoms with Gasteiger partial charge in [-0.25, -0.2) is 9.59 Å². The fourth-order valence-corrected chi connectivity index (χ4v) is 2.60. The topological polar surface area (TPSA) is 146 Å². The molecule has 0 unspecified atom stereocenters. The number of urea groups is 1. The van der Waals surface area contributed by atoms with Gasteiger partial charge in [0.25, 0.3) is 0 Å². The van der Waals surface area contributed by atoms with Crippen molar-refractivity contribution in [1.82, 2.24) is 19.8 Å². The van der Waals surface area contributed by atoms with E-state index in [1.165, 1.54) is 7.11 Å². The molecule has 0 aliphatic rings. The molecule has 4 N–H and O–H groups in total. The Hall–Kier alpha value is -3.86. The van der Waals surface area contributed by atoms with Crippen molar-refractivity contribution in [1.29, 1.82) is 0 Å². The van der Waals surface area contributed by atoms with Crippen molar-refractivity contribution >= 4 is 34.9 Å². The first kappa shape index (κ1) is 19.9. The maximum Gasteiger partial charge on any atom is 0.368 e. The molecule has 3 aromatic rings. The van der Waals surface area contributed by atoms with Crippen LogP contribution in [-0.4, -0.2) is 38.8 Å². The van der Waals surface area contributed by atoms with E-state index in [1.807, 2.05) is 0 Å². The summed E-state index contributed by atoms with van der Waals surface area (Å²) in [6.45, 7) is -0.369. The van der Waals surface area contributed by atoms with Crippen molar-refractivity contribution in [3.63, 3.8) is 0 Å². The van der Waals surface area contributed by atoms with Gasteiger partial charge in [-0.1, -0.05) is 11.6 Å². The molecule has 2 aromatic carbocycles. The standard InChI is InChI=1S/C17H16ClN7O4/c1-29-14-7-2-10(18)8-13(14)21-16(27)20-11-3-5-12(6-4-11)25-17(28)24(22-23-25)9-15(19)26/h2-8H,9H2,1H3,(H2,19,26)(H2,20,21,27). The van der Waals surface area contributed by atoms with E-state index >= 15 is 0 Å². The van der Waals surface area contributed by atoms with Gasteiger partial charge in [0.15, 0.2) is 0 Å². The number of hydrogen-bond donors (Lipinski definition) is 3. The molecular weight excluding hydrogens is 402 g/mol. The zero-order valence-corrected chi connectivity index (χ0v) is 15.9. The van der Waals surface area contributed by atoms with E-state index in [0.717, 1.165) is 9.36 Å². The molecule has 0 atom stereocenters. The third-order valence-electron chi connectivity index (χ3n) is 3.72. The molecule has 12 heteroatoms. The van der Waals surface area contributed by atoms with E-state index in [1.54, 1.807) is 42.5 Å². The molecular formula is C17H16ClN7O4. The zero-order chi connectivity index (χ0) is 21.0. The average molecular weight is 418 g/mol. The molecule has 150 valence electrons. The number of nitrogens with one attached hydrogen (secondary N) is 2. The summed E-state index contributed by atoms with van der Waals surface area (Å²) in [4.78, 5) is 35.3. The molecule has 0 saturated heterocycles. The van der Waals surface area contributed by atoms with E-state index in [0.29, 0.717) is 27.8 Å². The van der Waals surface area contributed by atoms with Crippen LogP contribution in [-0.2, 0) is 11.3 Å². The Bertz CT molecular complexity index is 1110. The number of amides is 3. The summed E-state index contributed by atoms with van der Waals surface area (Å²) in [5.41, 5.74) is 5.70. The number of aromatic nitrogens is 4. The Labute approximate surface area is 169 Å². The number of halogens is 1. The van der Waals surface area contributed by atoms with Gasteiger partial charge in [0.1, 0.15) is 12.3 Å². The van der Waals surface area contributed by atoms with Crippen LogP contribution >= 0.6 is 11.6 Å². The third kappa shape index (κ3) is 4.71. The second kappa shape index (κ2) is 8.44. The van der Waals surface area contributed by atoms with Crippen molar-refractivity contribution in [2.24, 2.45) is 5.73 Å². The number of anilines is 2. The minimum atomic E-state index is -0.707. The number of nitrogens with zero attached hydrogens (tertiary/aromatic N) is 4. The quantitative estimate of drug-likeness (QED) is 0.549. The van der Waals surface area contributed by atoms with Crippen molar-refractivity contribution in [2.75, 3.05) is 17.7 Å². The van der Waals surface area contributed by atoms with E-state index in [4.69, 9.17) is 22.1 Å². The van der Waals surface area contributed by atoms with Gasteiger partial charge in [-0.05, 0) is 52.9 Å². The van der Waals surface area contributed by atoms with Crippen LogP contribution in [0.15, 0.2) is 47.3 Å². The number of hydrogen-bond acceptors (Lipinski definition) is 6. The molecule has 0 spiro atoms. The van der Waals surface area contributed by atoms with Gasteiger partial charge >= 0.3 is 11.7 Å². The lowest BCUT2D eigenvalue weighted by Crippen LogP contribution is -2.30. The van der Waals surface area contributed by atoms with E-state index in [2.05, 4.69) is 21.1 Å². The number of nitrogens with two attached hydrogens (primary N) is 1. The number of carbonyl (C=O) groups excluding carboxylic acids is 2. The molecule has 0 radical (unpaired) electrons. The van der Waals surface area contributed by atoms with Crippen LogP contribution in [0.2, 0.25) is 5.02 Å². The molecule has 1 aromatic heterocycles. The van der Waals surface area contributed by atoms with Gasteiger partial charge in [0, 0.05) is 10.7 Å². The van der Waals surface area contributed by atoms with Gasteiger partial charge in [0.05, 0.1) is 18.5 Å². The summed E-state index contributed by atoms with van der Waals surface area (Å²) >= 11 is 5.94. The Kier molecular flexibility index (Phi) is 5.79. The largest absolute Gasteiger partial charge is 0.495 e. The number of tetrazole rings is 1. The van der Waals surface area contributed by atoms with Gasteiger partial charge in [-0.3, -0.25) is 4.79 Å². The van der Waals surface area contributed by atoms with Crippen LogP contribution in [0.25, 0.3) is 5.69 Å². The molecule has 1 heterocycles. The highest BCUT2D eigenvalue weighted by molar-refractivity contribution is 6.31. The van der Waals surface area contributed by atoms with Gasteiger partial charge in [-0.2, -0.15) is 9.36 Å². The second-order valence-electron chi connectivity index (χ2n) is 5.77. The number of ether oxygens (including phenoxy) is 1. The van der Waals surface area contributed by atoms with Crippen LogP contribution < -0.4 is 26.8 Å². The third-order valence-corrected chi connectivity index (χ3v) is 3.96. The first-order valence-corrected chi connectivity index (χ1v) is 8.58. The molecule has 3 amide bonds. The van der Waals surface area contributed by atoms with Gasteiger partial charge < -0.3 is 21.1 Å². The SMILES string of the molecule is COc1ccc(Cl)cc1NC(=O)Nc1ccc(-n2nnn(CC(N)=O)c2=O)cc1. The molecule has 3 rings (SSSR count). The maximum absolute atomic E-state index is 12.2. The van der Waals surface area contributed by atoms with Crippen molar-refractivity contribution in [3.05, 3.63) is 58.0 Å². The minimum absolute atomic E-state index is 0.369. The monoisotopic (exact) mass is 417 g/mol. The molecule has 11 nitrogen and oxygen atoms in total. The van der Waals surface area contributed by atoms with Gasteiger partial charge in [0.2, 0.25) is 5.91 Å². The Morgan fingerprint density at radius 3 is 2.52 bits per heavy atom. The van der Waals surface area contributed by atoms with E-state index < -0.39 is 17.6 Å². The number of carbonyl (C=O) groups is 2. The normalized spacial score (nSPS) is 10.4. The Balaban J connectivity index is 1.70. The minimum Gasteiger partial charge on any atom is -0.495 e. The summed E-state index contributed by atoms with van der Waals surface area (Å²) in [5, 5.41) is 13.0. The summed E-state index contributed by atoms with van der Waals surface area (Å²) < 4.78 is 7.03. The number of rotatable bonds is 6. The smallest absolute Gasteiger partial charge is 0.368 e. The predicted octanol–water partition coefficient (Wildman–Crippen LogP) is 1.22. The lowest BCUT2D eigenvalue weighted by Gasteiger charge is -2.11. The fourth-order valence-electron chi connectivity index (χ4n) is 2.43. The van der Waals surface area contributed by atoms with Crippen LogP contribution in [0.5, 0.6) is 5.75 Å². The summed E-state index contributed by atoms with van der Waals surface area (Å²) in [6, 6.07) is 10.6. The Morgan fingerprint density at radius 1 is 1.14 bits per heavy atom. The summed E-state index contributed by atoms with van der Waals surface area (Å²) in [6.07, 6.45) is 0. The van der Waals surface area contributed by atoms with Crippen molar-refractivity contribution in [3.8, 4) is 11.4 Å². The number of methoxy groups -OCH3 is 1. The average Bonchev–Trinajstić information content (AvgIpc) is 3.02. The van der Waals surface area contributed by atoms with Gasteiger partial charge in [-0.15, -0.1) is 0 Å². The van der Waals surface area contributed by atoms with Crippen molar-refractivity contribution < 1.29 is 14.3 Å². The second-order valence-corrected chi connectivity index (χ2v) is 6.20. The highest BCUT2D eigenvalue weighted by atomic mass is 35.5. The van der Waals surface area contributed by atoms with E-state index in [-0.39, 0.29) is 6.54 Å². The van der Waals surface area contributed by atoms with Crippen molar-refractivity contribution in [2.45, 2.75) is 6.54 Å². The fraction of sp³-hybridized carbons (Fsp3) is 0.118. The van der Waals surface area contributed by atoms with Crippen LogP contribution in [0.1, 0.15) is 0 Å². The molecule has 0 bridgehead atoms. The lowest BCUT2D eigenvalue weighted by atomic mass is 10.3. The molecule has 0 saturated carbocycles. The Morgan fingerprint density at radius 2 is 1.86 bits per heavy atom. The number of benzene rings is 2. The predicted molar refractivity (Wildman–Crippen MR) is 105 cm³/mol. The van der Waals surface area contributed by atoms with Crippen LogP contribution in [0, 0.1) is 0 Å². The molecule has 29 heavy (non-hydrogen) atoms. The highest BCUT2D eigenvalue weighted by Gasteiger charge is 2.12. The lowest BCUT2D eigenvalue weighted by molar-refractivity contribution is -0.118. The zero-order valence-electron chi connectivity index (χ0n) is 15.1.